The minimum absolute atomic E-state index is 0.111. The number of nitrogens with two attached hydrogens (primary N) is 2. The number of guanidine groups is 1. The van der Waals surface area contributed by atoms with Crippen molar-refractivity contribution in [2.45, 2.75) is 6.92 Å². The van der Waals surface area contributed by atoms with Crippen molar-refractivity contribution in [1.29, 1.82) is 0 Å². The van der Waals surface area contributed by atoms with E-state index >= 15 is 0 Å². The van der Waals surface area contributed by atoms with Crippen molar-refractivity contribution < 1.29 is 9.90 Å². The quantitative estimate of drug-likeness (QED) is 0.288. The molecule has 0 heterocycles. The van der Waals surface area contributed by atoms with Crippen LogP contribution in [-0.4, -0.2) is 23.6 Å². The van der Waals surface area contributed by atoms with Gasteiger partial charge in [0.25, 0.3) is 5.97 Å². The highest BCUT2D eigenvalue weighted by Gasteiger charge is 1.70. The maximum absolute atomic E-state index is 9.00. The maximum Gasteiger partial charge on any atom is 0.300 e. The van der Waals surface area contributed by atoms with Gasteiger partial charge in [0.2, 0.25) is 0 Å². The summed E-state index contributed by atoms with van der Waals surface area (Å²) in [5.41, 5.74) is 9.92. The molecule has 0 radical (unpaired) electrons. The first-order valence-electron chi connectivity index (χ1n) is 2.86. The third kappa shape index (κ3) is 57.9. The fourth-order valence-electron chi connectivity index (χ4n) is 0.170. The fraction of sp³-hybridized carbons (Fsp3) is 0.333. The summed E-state index contributed by atoms with van der Waals surface area (Å²) in [6.07, 6.45) is 1.62. The van der Waals surface area contributed by atoms with Crippen molar-refractivity contribution in [2.24, 2.45) is 16.5 Å². The molecule has 0 atom stereocenters. The van der Waals surface area contributed by atoms with Gasteiger partial charge in [0, 0.05) is 6.92 Å². The lowest BCUT2D eigenvalue weighted by Crippen LogP contribution is -2.22. The molecule has 0 fully saturated rings. The number of nitrogens with zero attached hydrogens (tertiary/aromatic N) is 1. The van der Waals surface area contributed by atoms with Crippen LogP contribution >= 0.6 is 0 Å². The molecule has 5 heteroatoms. The number of hydrogen-bond donors (Lipinski definition) is 3. The van der Waals surface area contributed by atoms with Gasteiger partial charge in [0.15, 0.2) is 5.96 Å². The molecule has 0 aliphatic carbocycles. The third-order valence-corrected chi connectivity index (χ3v) is 0.403. The van der Waals surface area contributed by atoms with Gasteiger partial charge in [-0.2, -0.15) is 0 Å². The molecule has 0 aromatic rings. The molecule has 0 rings (SSSR count). The summed E-state index contributed by atoms with van der Waals surface area (Å²) < 4.78 is 0. The molecule has 0 aliphatic rings. The van der Waals surface area contributed by atoms with Gasteiger partial charge in [-0.05, 0) is 0 Å². The van der Waals surface area contributed by atoms with E-state index in [4.69, 9.17) is 21.4 Å². The highest BCUT2D eigenvalue weighted by atomic mass is 16.4. The number of rotatable bonds is 2. The molecule has 0 amide bonds. The zero-order valence-electron chi connectivity index (χ0n) is 6.45. The Hall–Kier alpha value is -1.52. The zero-order chi connectivity index (χ0) is 9.28. The molecule has 64 valence electrons. The normalized spacial score (nSPS) is 7.00. The lowest BCUT2D eigenvalue weighted by Gasteiger charge is -1.83. The van der Waals surface area contributed by atoms with Gasteiger partial charge in [-0.25, -0.2) is 4.99 Å². The van der Waals surface area contributed by atoms with Gasteiger partial charge in [-0.1, -0.05) is 6.08 Å². The summed E-state index contributed by atoms with van der Waals surface area (Å²) in [4.78, 5) is 12.6. The Kier molecular flexibility index (Phi) is 9.39. The molecule has 0 aromatic carbocycles. The van der Waals surface area contributed by atoms with Crippen molar-refractivity contribution in [2.75, 3.05) is 6.54 Å². The number of carboxylic acid groups (broad SMARTS) is 1. The molecule has 0 aliphatic heterocycles. The summed E-state index contributed by atoms with van der Waals surface area (Å²) >= 11 is 0. The Morgan fingerprint density at radius 3 is 2.18 bits per heavy atom. The monoisotopic (exact) mass is 159 g/mol. The lowest BCUT2D eigenvalue weighted by molar-refractivity contribution is -0.134. The van der Waals surface area contributed by atoms with Crippen LogP contribution in [0.5, 0.6) is 0 Å². The van der Waals surface area contributed by atoms with Crippen LogP contribution in [0.15, 0.2) is 17.6 Å². The van der Waals surface area contributed by atoms with Crippen molar-refractivity contribution in [3.8, 4) is 0 Å². The van der Waals surface area contributed by atoms with Crippen molar-refractivity contribution in [1.82, 2.24) is 0 Å². The van der Waals surface area contributed by atoms with Crippen LogP contribution in [0.2, 0.25) is 0 Å². The van der Waals surface area contributed by atoms with Gasteiger partial charge in [-0.15, -0.1) is 6.58 Å². The van der Waals surface area contributed by atoms with Gasteiger partial charge in [0.05, 0.1) is 6.54 Å². The lowest BCUT2D eigenvalue weighted by atomic mass is 10.6. The molecule has 0 unspecified atom stereocenters. The van der Waals surface area contributed by atoms with Crippen LogP contribution in [0.25, 0.3) is 0 Å². The van der Waals surface area contributed by atoms with Gasteiger partial charge < -0.3 is 16.6 Å². The summed E-state index contributed by atoms with van der Waals surface area (Å²) in [5.74, 6) is -0.722. The number of hydrogen-bond acceptors (Lipinski definition) is 2. The second kappa shape index (κ2) is 8.48. The Morgan fingerprint density at radius 2 is 2.09 bits per heavy atom. The number of aliphatic carboxylic acids is 1. The molecule has 0 saturated heterocycles. The van der Waals surface area contributed by atoms with Crippen molar-refractivity contribution in [3.05, 3.63) is 12.7 Å². The fourth-order valence-corrected chi connectivity index (χ4v) is 0.170. The van der Waals surface area contributed by atoms with Gasteiger partial charge in [0.1, 0.15) is 0 Å². The van der Waals surface area contributed by atoms with Crippen LogP contribution in [0.3, 0.4) is 0 Å². The van der Waals surface area contributed by atoms with E-state index in [0.717, 1.165) is 6.92 Å². The van der Waals surface area contributed by atoms with Crippen molar-refractivity contribution in [3.63, 3.8) is 0 Å². The van der Waals surface area contributed by atoms with E-state index in [1.54, 1.807) is 6.08 Å². The largest absolute Gasteiger partial charge is 0.481 e. The summed E-state index contributed by atoms with van der Waals surface area (Å²) in [6, 6.07) is 0. The van der Waals surface area contributed by atoms with Crippen LogP contribution in [0.4, 0.5) is 0 Å². The number of carboxylic acids is 1. The molecule has 0 bridgehead atoms. The highest BCUT2D eigenvalue weighted by Crippen LogP contribution is 1.64. The second-order valence-electron chi connectivity index (χ2n) is 1.57. The minimum atomic E-state index is -0.833. The smallest absolute Gasteiger partial charge is 0.300 e. The minimum Gasteiger partial charge on any atom is -0.481 e. The van der Waals surface area contributed by atoms with Gasteiger partial charge in [-0.3, -0.25) is 4.79 Å². The second-order valence-corrected chi connectivity index (χ2v) is 1.57. The van der Waals surface area contributed by atoms with Crippen LogP contribution < -0.4 is 11.5 Å². The SMILES string of the molecule is C=CCN=C(N)N.CC(=O)O. The summed E-state index contributed by atoms with van der Waals surface area (Å²) in [5, 5.41) is 7.42. The molecule has 0 spiro atoms. The Morgan fingerprint density at radius 1 is 1.73 bits per heavy atom. The van der Waals surface area contributed by atoms with E-state index in [1.165, 1.54) is 0 Å². The zero-order valence-corrected chi connectivity index (χ0v) is 6.45. The molecule has 0 saturated carbocycles. The van der Waals surface area contributed by atoms with E-state index < -0.39 is 5.97 Å². The van der Waals surface area contributed by atoms with Gasteiger partial charge >= 0.3 is 0 Å². The predicted molar refractivity (Wildman–Crippen MR) is 44.2 cm³/mol. The molecule has 11 heavy (non-hydrogen) atoms. The van der Waals surface area contributed by atoms with E-state index in [9.17, 15) is 0 Å². The summed E-state index contributed by atoms with van der Waals surface area (Å²) in [7, 11) is 0. The standard InChI is InChI=1S/C4H9N3.C2H4O2/c1-2-3-7-4(5)6;1-2(3)4/h2H,1,3H2,(H4,5,6,7);1H3,(H,3,4). The highest BCUT2D eigenvalue weighted by molar-refractivity contribution is 5.75. The average Bonchev–Trinajstić information content (AvgIpc) is 1.82. The Labute approximate surface area is 65.4 Å². The van der Waals surface area contributed by atoms with E-state index in [1.807, 2.05) is 0 Å². The first-order chi connectivity index (χ1) is 5.00. The molecular weight excluding hydrogens is 146 g/mol. The molecule has 5 N–H and O–H groups in total. The van der Waals surface area contributed by atoms with Crippen LogP contribution in [-0.2, 0) is 4.79 Å². The predicted octanol–water partition coefficient (Wildman–Crippen LogP) is -0.463. The topological polar surface area (TPSA) is 102 Å². The van der Waals surface area contributed by atoms with E-state index in [0.29, 0.717) is 6.54 Å². The van der Waals surface area contributed by atoms with E-state index in [2.05, 4.69) is 11.6 Å². The molecule has 0 aromatic heterocycles. The Balaban J connectivity index is 0. The van der Waals surface area contributed by atoms with Crippen LogP contribution in [0, 0.1) is 0 Å². The molecular formula is C6H13N3O2. The van der Waals surface area contributed by atoms with Crippen LogP contribution in [0.1, 0.15) is 6.92 Å². The maximum atomic E-state index is 9.00. The van der Waals surface area contributed by atoms with E-state index in [-0.39, 0.29) is 5.96 Å². The van der Waals surface area contributed by atoms with Crippen molar-refractivity contribution >= 4 is 11.9 Å². The first kappa shape index (κ1) is 12.2. The Bertz CT molecular complexity index is 146. The summed E-state index contributed by atoms with van der Waals surface area (Å²) in [6.45, 7) is 5.00. The average molecular weight is 159 g/mol. The number of carbonyl (C=O) groups is 1. The third-order valence-electron chi connectivity index (χ3n) is 0.403. The molecule has 5 nitrogen and oxygen atoms in total. The first-order valence-corrected chi connectivity index (χ1v) is 2.86. The number of aliphatic imine (C=N–C) groups is 1.